The number of carbonyl (C=O) groups is 3. The van der Waals surface area contributed by atoms with Crippen LogP contribution in [0.25, 0.3) is 0 Å². The first-order chi connectivity index (χ1) is 9.00. The highest BCUT2D eigenvalue weighted by molar-refractivity contribution is 6.15. The molecule has 0 radical (unpaired) electrons. The Kier molecular flexibility index (Phi) is 3.46. The summed E-state index contributed by atoms with van der Waals surface area (Å²) in [6, 6.07) is 4.90. The van der Waals surface area contributed by atoms with Gasteiger partial charge in [0.15, 0.2) is 0 Å². The van der Waals surface area contributed by atoms with Crippen molar-refractivity contribution in [1.82, 2.24) is 0 Å². The van der Waals surface area contributed by atoms with Crippen molar-refractivity contribution >= 4 is 17.9 Å². The molecule has 0 atom stereocenters. The van der Waals surface area contributed by atoms with E-state index in [1.54, 1.807) is 19.1 Å². The van der Waals surface area contributed by atoms with Gasteiger partial charge in [0.2, 0.25) is 0 Å². The van der Waals surface area contributed by atoms with Crippen LogP contribution in [0.4, 0.5) is 0 Å². The van der Waals surface area contributed by atoms with Gasteiger partial charge in [-0.2, -0.15) is 0 Å². The standard InChI is InChI=1S/C14H12O5/c1-8(2)12(15)18-7-6-9-4-3-5-10-11(9)14(17)19-13(10)16/h3-5H,1,6-7H2,2H3. The monoisotopic (exact) mass is 260 g/mol. The highest BCUT2D eigenvalue weighted by Crippen LogP contribution is 2.23. The van der Waals surface area contributed by atoms with E-state index < -0.39 is 17.9 Å². The molecule has 0 fully saturated rings. The van der Waals surface area contributed by atoms with Crippen LogP contribution in [0.2, 0.25) is 0 Å². The van der Waals surface area contributed by atoms with Gasteiger partial charge in [-0.1, -0.05) is 18.7 Å². The number of fused-ring (bicyclic) bond motifs is 1. The first-order valence-corrected chi connectivity index (χ1v) is 5.71. The van der Waals surface area contributed by atoms with E-state index in [2.05, 4.69) is 11.3 Å². The normalized spacial score (nSPS) is 12.9. The van der Waals surface area contributed by atoms with E-state index in [1.165, 1.54) is 6.07 Å². The molecule has 1 aromatic carbocycles. The molecule has 0 amide bonds. The lowest BCUT2D eigenvalue weighted by molar-refractivity contribution is -0.138. The molecule has 0 saturated heterocycles. The van der Waals surface area contributed by atoms with Gasteiger partial charge < -0.3 is 9.47 Å². The topological polar surface area (TPSA) is 69.7 Å². The minimum Gasteiger partial charge on any atom is -0.462 e. The number of benzene rings is 1. The molecule has 1 aromatic rings. The summed E-state index contributed by atoms with van der Waals surface area (Å²) in [5, 5.41) is 0. The van der Waals surface area contributed by atoms with E-state index >= 15 is 0 Å². The largest absolute Gasteiger partial charge is 0.462 e. The van der Waals surface area contributed by atoms with Gasteiger partial charge in [-0.05, 0) is 18.6 Å². The maximum absolute atomic E-state index is 11.5. The van der Waals surface area contributed by atoms with E-state index in [-0.39, 0.29) is 17.7 Å². The third-order valence-corrected chi connectivity index (χ3v) is 2.71. The van der Waals surface area contributed by atoms with Crippen molar-refractivity contribution in [2.24, 2.45) is 0 Å². The van der Waals surface area contributed by atoms with Gasteiger partial charge in [0, 0.05) is 12.0 Å². The fourth-order valence-corrected chi connectivity index (χ4v) is 1.79. The van der Waals surface area contributed by atoms with Gasteiger partial charge in [-0.3, -0.25) is 0 Å². The summed E-state index contributed by atoms with van der Waals surface area (Å²) in [5.41, 5.74) is 1.46. The quantitative estimate of drug-likeness (QED) is 0.468. The smallest absolute Gasteiger partial charge is 0.347 e. The molecular weight excluding hydrogens is 248 g/mol. The average molecular weight is 260 g/mol. The lowest BCUT2D eigenvalue weighted by Crippen LogP contribution is -2.10. The van der Waals surface area contributed by atoms with Crippen LogP contribution in [-0.4, -0.2) is 24.5 Å². The van der Waals surface area contributed by atoms with E-state index in [9.17, 15) is 14.4 Å². The minimum absolute atomic E-state index is 0.115. The molecule has 2 rings (SSSR count). The fourth-order valence-electron chi connectivity index (χ4n) is 1.79. The van der Waals surface area contributed by atoms with Crippen LogP contribution in [0.3, 0.4) is 0 Å². The summed E-state index contributed by atoms with van der Waals surface area (Å²) < 4.78 is 9.49. The second-order valence-corrected chi connectivity index (χ2v) is 4.18. The second-order valence-electron chi connectivity index (χ2n) is 4.18. The zero-order valence-corrected chi connectivity index (χ0v) is 10.4. The zero-order valence-electron chi connectivity index (χ0n) is 10.4. The Bertz CT molecular complexity index is 585. The Morgan fingerprint density at radius 3 is 2.74 bits per heavy atom. The third-order valence-electron chi connectivity index (χ3n) is 2.71. The van der Waals surface area contributed by atoms with E-state index in [0.29, 0.717) is 17.6 Å². The van der Waals surface area contributed by atoms with Gasteiger partial charge in [0.05, 0.1) is 17.7 Å². The van der Waals surface area contributed by atoms with Crippen molar-refractivity contribution in [3.8, 4) is 0 Å². The molecule has 0 saturated carbocycles. The first kappa shape index (κ1) is 13.0. The Hall–Kier alpha value is -2.43. The molecule has 0 spiro atoms. The Morgan fingerprint density at radius 2 is 2.05 bits per heavy atom. The van der Waals surface area contributed by atoms with Crippen LogP contribution >= 0.6 is 0 Å². The van der Waals surface area contributed by atoms with Gasteiger partial charge in [0.1, 0.15) is 0 Å². The van der Waals surface area contributed by atoms with E-state index in [0.717, 1.165) is 0 Å². The zero-order chi connectivity index (χ0) is 14.0. The fraction of sp³-hybridized carbons (Fsp3) is 0.214. The maximum atomic E-state index is 11.5. The number of esters is 3. The summed E-state index contributed by atoms with van der Waals surface area (Å²) in [6.45, 7) is 5.14. The molecule has 5 heteroatoms. The van der Waals surface area contributed by atoms with Gasteiger partial charge >= 0.3 is 17.9 Å². The lowest BCUT2D eigenvalue weighted by Gasteiger charge is -2.06. The van der Waals surface area contributed by atoms with Crippen LogP contribution in [0.5, 0.6) is 0 Å². The van der Waals surface area contributed by atoms with Crippen molar-refractivity contribution in [2.45, 2.75) is 13.3 Å². The SMILES string of the molecule is C=C(C)C(=O)OCCc1cccc2c1C(=O)OC2=O. The molecular formula is C14H12O5. The number of ether oxygens (including phenoxy) is 2. The number of cyclic esters (lactones) is 2. The van der Waals surface area contributed by atoms with Gasteiger partial charge in [-0.25, -0.2) is 14.4 Å². The van der Waals surface area contributed by atoms with Gasteiger partial charge in [0.25, 0.3) is 0 Å². The Balaban J connectivity index is 2.11. The Labute approximate surface area is 109 Å². The van der Waals surface area contributed by atoms with Crippen molar-refractivity contribution in [2.75, 3.05) is 6.61 Å². The maximum Gasteiger partial charge on any atom is 0.347 e. The molecule has 0 aromatic heterocycles. The average Bonchev–Trinajstić information content (AvgIpc) is 2.65. The predicted octanol–water partition coefficient (Wildman–Crippen LogP) is 1.66. The van der Waals surface area contributed by atoms with Crippen molar-refractivity contribution in [1.29, 1.82) is 0 Å². The molecule has 19 heavy (non-hydrogen) atoms. The van der Waals surface area contributed by atoms with Crippen molar-refractivity contribution in [3.05, 3.63) is 47.0 Å². The Morgan fingerprint density at radius 1 is 1.32 bits per heavy atom. The van der Waals surface area contributed by atoms with Crippen LogP contribution in [0, 0.1) is 0 Å². The molecule has 1 aliphatic heterocycles. The number of hydrogen-bond acceptors (Lipinski definition) is 5. The molecule has 98 valence electrons. The van der Waals surface area contributed by atoms with E-state index in [1.807, 2.05) is 0 Å². The molecule has 0 unspecified atom stereocenters. The summed E-state index contributed by atoms with van der Waals surface area (Å²) in [4.78, 5) is 34.1. The van der Waals surface area contributed by atoms with Crippen LogP contribution < -0.4 is 0 Å². The summed E-state index contributed by atoms with van der Waals surface area (Å²) in [5.74, 6) is -1.77. The second kappa shape index (κ2) is 5.06. The molecule has 0 N–H and O–H groups in total. The van der Waals surface area contributed by atoms with Crippen LogP contribution in [0.15, 0.2) is 30.4 Å². The molecule has 0 aliphatic carbocycles. The highest BCUT2D eigenvalue weighted by atomic mass is 16.6. The summed E-state index contributed by atoms with van der Waals surface area (Å²) in [7, 11) is 0. The van der Waals surface area contributed by atoms with Crippen molar-refractivity contribution in [3.63, 3.8) is 0 Å². The minimum atomic E-state index is -0.651. The predicted molar refractivity (Wildman–Crippen MR) is 65.7 cm³/mol. The number of carbonyl (C=O) groups excluding carboxylic acids is 3. The van der Waals surface area contributed by atoms with Crippen molar-refractivity contribution < 1.29 is 23.9 Å². The molecule has 1 heterocycles. The highest BCUT2D eigenvalue weighted by Gasteiger charge is 2.31. The lowest BCUT2D eigenvalue weighted by atomic mass is 10.0. The number of hydrogen-bond donors (Lipinski definition) is 0. The molecule has 5 nitrogen and oxygen atoms in total. The van der Waals surface area contributed by atoms with Crippen LogP contribution in [-0.2, 0) is 20.7 Å². The number of rotatable bonds is 4. The molecule has 1 aliphatic rings. The van der Waals surface area contributed by atoms with E-state index in [4.69, 9.17) is 4.74 Å². The summed E-state index contributed by atoms with van der Waals surface area (Å²) >= 11 is 0. The molecule has 0 bridgehead atoms. The summed E-state index contributed by atoms with van der Waals surface area (Å²) in [6.07, 6.45) is 0.338. The van der Waals surface area contributed by atoms with Crippen LogP contribution in [0.1, 0.15) is 33.2 Å². The first-order valence-electron chi connectivity index (χ1n) is 5.71. The third kappa shape index (κ3) is 2.54. The van der Waals surface area contributed by atoms with Gasteiger partial charge in [-0.15, -0.1) is 0 Å².